The molecule has 0 aromatic heterocycles. The fourth-order valence-corrected chi connectivity index (χ4v) is 1.58. The first-order chi connectivity index (χ1) is 8.28. The normalized spacial score (nSPS) is 10.9. The van der Waals surface area contributed by atoms with Gasteiger partial charge >= 0.3 is 6.03 Å². The molecular weight excluding hydrogens is 272 g/mol. The molecule has 0 unspecified atom stereocenters. The highest BCUT2D eigenvalue weighted by Crippen LogP contribution is 2.19. The van der Waals surface area contributed by atoms with Gasteiger partial charge in [0, 0.05) is 15.3 Å². The standard InChI is InChI=1S/C12H15ClN2O2S/c1-12(2,3)18-15-11(17)14-10(16)8-4-6-9(13)7-5-8/h4-7H,1-3H3,(H2,14,15,16,17). The Kier molecular flexibility index (Phi) is 5.04. The number of carbonyl (C=O) groups is 2. The number of amides is 3. The van der Waals surface area contributed by atoms with Crippen molar-refractivity contribution in [1.82, 2.24) is 10.0 Å². The summed E-state index contributed by atoms with van der Waals surface area (Å²) in [6, 6.07) is 5.77. The molecule has 0 fully saturated rings. The van der Waals surface area contributed by atoms with Gasteiger partial charge in [0.2, 0.25) is 0 Å². The van der Waals surface area contributed by atoms with E-state index in [1.165, 1.54) is 11.9 Å². The third-order valence-corrected chi connectivity index (χ3v) is 2.94. The van der Waals surface area contributed by atoms with Crippen molar-refractivity contribution in [2.24, 2.45) is 0 Å². The second-order valence-electron chi connectivity index (χ2n) is 4.61. The molecule has 2 N–H and O–H groups in total. The predicted octanol–water partition coefficient (Wildman–Crippen LogP) is 3.23. The number of benzene rings is 1. The molecule has 4 nitrogen and oxygen atoms in total. The first kappa shape index (κ1) is 14.9. The molecule has 0 spiro atoms. The van der Waals surface area contributed by atoms with Gasteiger partial charge in [0.25, 0.3) is 5.91 Å². The largest absolute Gasteiger partial charge is 0.331 e. The minimum atomic E-state index is -0.533. The Bertz CT molecular complexity index is 440. The van der Waals surface area contributed by atoms with Crippen molar-refractivity contribution in [3.05, 3.63) is 34.9 Å². The highest BCUT2D eigenvalue weighted by molar-refractivity contribution is 7.99. The molecule has 0 atom stereocenters. The van der Waals surface area contributed by atoms with Crippen LogP contribution in [0.1, 0.15) is 31.1 Å². The lowest BCUT2D eigenvalue weighted by molar-refractivity contribution is 0.0965. The van der Waals surface area contributed by atoms with Crippen LogP contribution in [0.25, 0.3) is 0 Å². The average molecular weight is 287 g/mol. The molecule has 0 aliphatic heterocycles. The van der Waals surface area contributed by atoms with Crippen molar-refractivity contribution in [2.75, 3.05) is 0 Å². The van der Waals surface area contributed by atoms with Gasteiger partial charge in [-0.3, -0.25) is 14.8 Å². The topological polar surface area (TPSA) is 58.2 Å². The Morgan fingerprint density at radius 3 is 2.22 bits per heavy atom. The summed E-state index contributed by atoms with van der Waals surface area (Å²) in [5, 5.41) is 2.78. The second-order valence-corrected chi connectivity index (χ2v) is 6.68. The van der Waals surface area contributed by atoms with E-state index in [-0.39, 0.29) is 4.75 Å². The Morgan fingerprint density at radius 1 is 1.17 bits per heavy atom. The molecule has 3 amide bonds. The van der Waals surface area contributed by atoms with Crippen molar-refractivity contribution in [3.63, 3.8) is 0 Å². The molecule has 0 radical (unpaired) electrons. The van der Waals surface area contributed by atoms with Crippen molar-refractivity contribution >= 4 is 35.5 Å². The average Bonchev–Trinajstić information content (AvgIpc) is 2.26. The van der Waals surface area contributed by atoms with Gasteiger partial charge in [0.05, 0.1) is 0 Å². The first-order valence-electron chi connectivity index (χ1n) is 5.33. The smallest absolute Gasteiger partial charge is 0.281 e. The molecule has 98 valence electrons. The minimum absolute atomic E-state index is 0.110. The summed E-state index contributed by atoms with van der Waals surface area (Å²) in [6.07, 6.45) is 0. The molecule has 1 rings (SSSR count). The summed E-state index contributed by atoms with van der Waals surface area (Å²) in [5.74, 6) is -0.460. The van der Waals surface area contributed by atoms with Crippen LogP contribution in [0.4, 0.5) is 4.79 Å². The lowest BCUT2D eigenvalue weighted by Crippen LogP contribution is -2.38. The first-order valence-corrected chi connectivity index (χ1v) is 6.52. The highest BCUT2D eigenvalue weighted by atomic mass is 35.5. The zero-order valence-electron chi connectivity index (χ0n) is 10.4. The highest BCUT2D eigenvalue weighted by Gasteiger charge is 2.15. The van der Waals surface area contributed by atoms with Gasteiger partial charge in [-0.15, -0.1) is 0 Å². The number of nitrogens with one attached hydrogen (secondary N) is 2. The van der Waals surface area contributed by atoms with Crippen molar-refractivity contribution in [3.8, 4) is 0 Å². The van der Waals surface area contributed by atoms with Crippen LogP contribution < -0.4 is 10.0 Å². The van der Waals surface area contributed by atoms with E-state index >= 15 is 0 Å². The zero-order valence-corrected chi connectivity index (χ0v) is 12.0. The van der Waals surface area contributed by atoms with Crippen LogP contribution in [-0.2, 0) is 0 Å². The third kappa shape index (κ3) is 5.42. The molecule has 0 bridgehead atoms. The van der Waals surface area contributed by atoms with Crippen molar-refractivity contribution in [1.29, 1.82) is 0 Å². The number of hydrogen-bond acceptors (Lipinski definition) is 3. The third-order valence-electron chi connectivity index (χ3n) is 1.78. The van der Waals surface area contributed by atoms with Crippen LogP contribution in [0.3, 0.4) is 0 Å². The maximum absolute atomic E-state index is 11.7. The zero-order chi connectivity index (χ0) is 13.8. The molecule has 1 aromatic rings. The summed E-state index contributed by atoms with van der Waals surface area (Å²) in [4.78, 5) is 23.1. The molecular formula is C12H15ClN2O2S. The van der Waals surface area contributed by atoms with Gasteiger partial charge in [0.15, 0.2) is 0 Å². The van der Waals surface area contributed by atoms with Gasteiger partial charge in [-0.1, -0.05) is 11.6 Å². The lowest BCUT2D eigenvalue weighted by atomic mass is 10.2. The molecule has 0 aliphatic carbocycles. The number of halogens is 1. The molecule has 0 saturated heterocycles. The lowest BCUT2D eigenvalue weighted by Gasteiger charge is -2.17. The summed E-state index contributed by atoms with van der Waals surface area (Å²) >= 11 is 6.95. The SMILES string of the molecule is CC(C)(C)SNC(=O)NC(=O)c1ccc(Cl)cc1. The van der Waals surface area contributed by atoms with Gasteiger partial charge in [-0.05, 0) is 57.0 Å². The van der Waals surface area contributed by atoms with Crippen LogP contribution >= 0.6 is 23.5 Å². The van der Waals surface area contributed by atoms with E-state index in [2.05, 4.69) is 10.0 Å². The molecule has 0 aliphatic rings. The van der Waals surface area contributed by atoms with E-state index in [0.29, 0.717) is 10.6 Å². The Morgan fingerprint density at radius 2 is 1.72 bits per heavy atom. The number of urea groups is 1. The molecule has 0 heterocycles. The van der Waals surface area contributed by atoms with E-state index in [1.807, 2.05) is 20.8 Å². The Balaban J connectivity index is 2.50. The van der Waals surface area contributed by atoms with Crippen LogP contribution in [0, 0.1) is 0 Å². The molecule has 6 heteroatoms. The summed E-state index contributed by atoms with van der Waals surface area (Å²) in [5.41, 5.74) is 0.385. The second kappa shape index (κ2) is 6.11. The monoisotopic (exact) mass is 286 g/mol. The fourth-order valence-electron chi connectivity index (χ4n) is 1.00. The van der Waals surface area contributed by atoms with E-state index in [4.69, 9.17) is 11.6 Å². The number of imide groups is 1. The van der Waals surface area contributed by atoms with Crippen LogP contribution in [-0.4, -0.2) is 16.7 Å². The van der Waals surface area contributed by atoms with Gasteiger partial charge < -0.3 is 0 Å². The van der Waals surface area contributed by atoms with Crippen LogP contribution in [0.15, 0.2) is 24.3 Å². The number of carbonyl (C=O) groups excluding carboxylic acids is 2. The number of rotatable bonds is 2. The van der Waals surface area contributed by atoms with Gasteiger partial charge in [-0.2, -0.15) is 0 Å². The van der Waals surface area contributed by atoms with Crippen molar-refractivity contribution < 1.29 is 9.59 Å². The number of hydrogen-bond donors (Lipinski definition) is 2. The molecule has 18 heavy (non-hydrogen) atoms. The maximum atomic E-state index is 11.7. The Labute approximate surface area is 116 Å². The van der Waals surface area contributed by atoms with Gasteiger partial charge in [-0.25, -0.2) is 4.79 Å². The Hall–Kier alpha value is -1.20. The summed E-state index contributed by atoms with van der Waals surface area (Å²) in [7, 11) is 0. The summed E-state index contributed by atoms with van der Waals surface area (Å²) in [6.45, 7) is 5.87. The maximum Gasteiger partial charge on any atom is 0.331 e. The van der Waals surface area contributed by atoms with E-state index in [9.17, 15) is 9.59 Å². The van der Waals surface area contributed by atoms with E-state index in [0.717, 1.165) is 0 Å². The fraction of sp³-hybridized carbons (Fsp3) is 0.333. The van der Waals surface area contributed by atoms with E-state index in [1.54, 1.807) is 24.3 Å². The summed E-state index contributed by atoms with van der Waals surface area (Å²) < 4.78 is 2.44. The van der Waals surface area contributed by atoms with Crippen LogP contribution in [0.2, 0.25) is 5.02 Å². The van der Waals surface area contributed by atoms with Crippen molar-refractivity contribution in [2.45, 2.75) is 25.5 Å². The quantitative estimate of drug-likeness (QED) is 0.821. The predicted molar refractivity (Wildman–Crippen MR) is 74.8 cm³/mol. The van der Waals surface area contributed by atoms with Crippen LogP contribution in [0.5, 0.6) is 0 Å². The minimum Gasteiger partial charge on any atom is -0.281 e. The van der Waals surface area contributed by atoms with Gasteiger partial charge in [0.1, 0.15) is 0 Å². The van der Waals surface area contributed by atoms with E-state index < -0.39 is 11.9 Å². The molecule has 0 saturated carbocycles. The molecule has 1 aromatic carbocycles.